The molecule has 8 heteroatoms. The van der Waals surface area contributed by atoms with Crippen molar-refractivity contribution in [3.63, 3.8) is 0 Å². The van der Waals surface area contributed by atoms with Crippen molar-refractivity contribution in [3.8, 4) is 0 Å². The molecule has 0 fully saturated rings. The summed E-state index contributed by atoms with van der Waals surface area (Å²) in [7, 11) is -3.97. The largest absolute Gasteiger partial charge is 0.466 e. The minimum Gasteiger partial charge on any atom is -0.466 e. The molecular formula is C19H20ClNO5S. The molecule has 27 heavy (non-hydrogen) atoms. The molecule has 2 N–H and O–H groups in total. The van der Waals surface area contributed by atoms with Crippen LogP contribution in [0, 0.1) is 0 Å². The predicted octanol–water partition coefficient (Wildman–Crippen LogP) is 3.66. The van der Waals surface area contributed by atoms with Gasteiger partial charge < -0.3 is 19.4 Å². The Morgan fingerprint density at radius 2 is 1.81 bits per heavy atom. The van der Waals surface area contributed by atoms with Crippen molar-refractivity contribution < 1.29 is 22.1 Å². The minimum atomic E-state index is -3.97. The Hall–Kier alpha value is -2.22. The lowest BCUT2D eigenvalue weighted by atomic mass is 10.1. The van der Waals surface area contributed by atoms with Gasteiger partial charge in [-0.25, -0.2) is 0 Å². The van der Waals surface area contributed by atoms with E-state index < -0.39 is 21.5 Å². The molecule has 0 radical (unpaired) electrons. The number of ether oxygens (including phenoxy) is 2. The molecule has 2 unspecified atom stereocenters. The van der Waals surface area contributed by atoms with Gasteiger partial charge in [0.15, 0.2) is 0 Å². The second-order valence-electron chi connectivity index (χ2n) is 6.09. The average Bonchev–Trinajstić information content (AvgIpc) is 2.84. The molecule has 0 amide bonds. The first-order valence-electron chi connectivity index (χ1n) is 8.33. The summed E-state index contributed by atoms with van der Waals surface area (Å²) < 4.78 is 41.7. The molecule has 1 heterocycles. The topological polar surface area (TPSA) is 87.9 Å². The van der Waals surface area contributed by atoms with Gasteiger partial charge >= 0.3 is 10.1 Å². The van der Waals surface area contributed by atoms with Gasteiger partial charge in [-0.05, 0) is 30.2 Å². The molecule has 6 nitrogen and oxygen atoms in total. The fraction of sp³-hybridized carbons (Fsp3) is 0.263. The van der Waals surface area contributed by atoms with Crippen LogP contribution in [0.15, 0.2) is 66.2 Å². The van der Waals surface area contributed by atoms with E-state index in [1.54, 1.807) is 55.5 Å². The quantitative estimate of drug-likeness (QED) is 0.758. The lowest BCUT2D eigenvalue weighted by Gasteiger charge is -2.17. The van der Waals surface area contributed by atoms with E-state index in [9.17, 15) is 8.42 Å². The van der Waals surface area contributed by atoms with Crippen LogP contribution in [0.5, 0.6) is 0 Å². The normalized spacial score (nSPS) is 19.1. The molecule has 0 bridgehead atoms. The van der Waals surface area contributed by atoms with Crippen LogP contribution in [0.2, 0.25) is 5.02 Å². The van der Waals surface area contributed by atoms with E-state index >= 15 is 0 Å². The number of halogens is 1. The zero-order valence-electron chi connectivity index (χ0n) is 14.7. The Balaban J connectivity index is 1.77. The van der Waals surface area contributed by atoms with Gasteiger partial charge in [-0.1, -0.05) is 54.1 Å². The molecule has 2 aromatic rings. The first-order chi connectivity index (χ1) is 12.9. The molecule has 0 aromatic heterocycles. The van der Waals surface area contributed by atoms with E-state index in [2.05, 4.69) is 0 Å². The number of benzene rings is 2. The van der Waals surface area contributed by atoms with E-state index in [1.807, 2.05) is 6.07 Å². The monoisotopic (exact) mass is 409 g/mol. The van der Waals surface area contributed by atoms with E-state index in [0.29, 0.717) is 10.6 Å². The third-order valence-corrected chi connectivity index (χ3v) is 6.03. The molecular weight excluding hydrogens is 390 g/mol. The number of nitrogens with two attached hydrogens (primary N) is 1. The lowest BCUT2D eigenvalue weighted by Crippen LogP contribution is -2.18. The van der Waals surface area contributed by atoms with Crippen molar-refractivity contribution in [2.24, 2.45) is 5.73 Å². The van der Waals surface area contributed by atoms with Gasteiger partial charge in [0.2, 0.25) is 11.6 Å². The fourth-order valence-corrected chi connectivity index (χ4v) is 3.76. The lowest BCUT2D eigenvalue weighted by molar-refractivity contribution is 0.0394. The summed E-state index contributed by atoms with van der Waals surface area (Å²) in [5.41, 5.74) is 7.37. The van der Waals surface area contributed by atoms with Gasteiger partial charge in [-0.2, -0.15) is 8.42 Å². The van der Waals surface area contributed by atoms with E-state index in [1.165, 1.54) is 0 Å². The standard InChI is InChI=1S/C19H20ClNO5S/c1-13(14-5-3-2-4-6-14)27(22,23)26-18-12-24-11-17(25-19(18)21)15-7-9-16(20)10-8-15/h2-10,13,17H,11-12,21H2,1H3. The first-order valence-corrected chi connectivity index (χ1v) is 10.2. The summed E-state index contributed by atoms with van der Waals surface area (Å²) in [5.74, 6) is -0.175. The predicted molar refractivity (Wildman–Crippen MR) is 102 cm³/mol. The highest BCUT2D eigenvalue weighted by Crippen LogP contribution is 2.29. The summed E-state index contributed by atoms with van der Waals surface area (Å²) in [6, 6.07) is 15.8. The van der Waals surface area contributed by atoms with Gasteiger partial charge in [0, 0.05) is 5.02 Å². The second kappa shape index (κ2) is 8.21. The van der Waals surface area contributed by atoms with Crippen LogP contribution < -0.4 is 5.73 Å². The van der Waals surface area contributed by atoms with E-state index in [4.69, 9.17) is 31.0 Å². The molecule has 1 aliphatic rings. The van der Waals surface area contributed by atoms with Crippen molar-refractivity contribution in [2.45, 2.75) is 18.3 Å². The first kappa shape index (κ1) is 19.5. The van der Waals surface area contributed by atoms with Crippen LogP contribution in [-0.4, -0.2) is 21.6 Å². The Morgan fingerprint density at radius 3 is 2.48 bits per heavy atom. The van der Waals surface area contributed by atoms with Gasteiger partial charge in [0.25, 0.3) is 0 Å². The summed E-state index contributed by atoms with van der Waals surface area (Å²) in [4.78, 5) is 0. The average molecular weight is 410 g/mol. The highest BCUT2D eigenvalue weighted by molar-refractivity contribution is 7.87. The summed E-state index contributed by atoms with van der Waals surface area (Å²) in [6.07, 6.45) is -0.488. The van der Waals surface area contributed by atoms with Crippen LogP contribution in [0.4, 0.5) is 0 Å². The highest BCUT2D eigenvalue weighted by atomic mass is 35.5. The minimum absolute atomic E-state index is 0.0609. The Kier molecular flexibility index (Phi) is 5.94. The Morgan fingerprint density at radius 1 is 1.15 bits per heavy atom. The number of hydrogen-bond donors (Lipinski definition) is 1. The van der Waals surface area contributed by atoms with E-state index in [0.717, 1.165) is 5.56 Å². The number of rotatable bonds is 5. The van der Waals surface area contributed by atoms with Crippen LogP contribution in [0.3, 0.4) is 0 Å². The maximum Gasteiger partial charge on any atom is 0.316 e. The van der Waals surface area contributed by atoms with Gasteiger partial charge in [0.05, 0.1) is 6.61 Å². The maximum absolute atomic E-state index is 12.6. The van der Waals surface area contributed by atoms with Crippen LogP contribution in [0.1, 0.15) is 29.4 Å². The summed E-state index contributed by atoms with van der Waals surface area (Å²) >= 11 is 5.89. The van der Waals surface area contributed by atoms with Gasteiger partial charge in [-0.3, -0.25) is 0 Å². The van der Waals surface area contributed by atoms with Gasteiger partial charge in [-0.15, -0.1) is 0 Å². The third kappa shape index (κ3) is 4.74. The Bertz CT molecular complexity index is 913. The molecule has 1 aliphatic heterocycles. The van der Waals surface area contributed by atoms with Gasteiger partial charge in [0.1, 0.15) is 18.0 Å². The fourth-order valence-electron chi connectivity index (χ4n) is 2.59. The SMILES string of the molecule is CC(c1ccccc1)S(=O)(=O)OC1=C(N)OC(c2ccc(Cl)cc2)COC1. The van der Waals surface area contributed by atoms with E-state index in [-0.39, 0.29) is 24.9 Å². The van der Waals surface area contributed by atoms with Crippen molar-refractivity contribution in [3.05, 3.63) is 82.4 Å². The number of hydrogen-bond acceptors (Lipinski definition) is 6. The van der Waals surface area contributed by atoms with Crippen molar-refractivity contribution >= 4 is 21.7 Å². The molecule has 0 saturated heterocycles. The van der Waals surface area contributed by atoms with Crippen LogP contribution in [-0.2, 0) is 23.8 Å². The zero-order chi connectivity index (χ0) is 19.4. The smallest absolute Gasteiger partial charge is 0.316 e. The van der Waals surface area contributed by atoms with Crippen molar-refractivity contribution in [1.82, 2.24) is 0 Å². The van der Waals surface area contributed by atoms with Crippen molar-refractivity contribution in [2.75, 3.05) is 13.2 Å². The molecule has 2 aromatic carbocycles. The molecule has 3 rings (SSSR count). The summed E-state index contributed by atoms with van der Waals surface area (Å²) in [6.45, 7) is 1.65. The van der Waals surface area contributed by atoms with Crippen LogP contribution in [0.25, 0.3) is 0 Å². The zero-order valence-corrected chi connectivity index (χ0v) is 16.2. The molecule has 144 valence electrons. The molecule has 0 saturated carbocycles. The third-order valence-electron chi connectivity index (χ3n) is 4.21. The summed E-state index contributed by atoms with van der Waals surface area (Å²) in [5, 5.41) is -0.267. The Labute approximate surface area is 163 Å². The molecule has 0 spiro atoms. The van der Waals surface area contributed by atoms with Crippen molar-refractivity contribution in [1.29, 1.82) is 0 Å². The highest BCUT2D eigenvalue weighted by Gasteiger charge is 2.29. The van der Waals surface area contributed by atoms with Crippen LogP contribution >= 0.6 is 11.6 Å². The second-order valence-corrected chi connectivity index (χ2v) is 8.39. The maximum atomic E-state index is 12.6. The molecule has 2 atom stereocenters. The molecule has 0 aliphatic carbocycles.